The maximum Gasteiger partial charge on any atom is 0.128 e. The van der Waals surface area contributed by atoms with Crippen molar-refractivity contribution in [1.82, 2.24) is 5.43 Å². The van der Waals surface area contributed by atoms with Crippen molar-refractivity contribution in [3.8, 4) is 0 Å². The van der Waals surface area contributed by atoms with Crippen molar-refractivity contribution >= 4 is 15.9 Å². The molecule has 0 bridgehead atoms. The Balaban J connectivity index is 2.44. The summed E-state index contributed by atoms with van der Waals surface area (Å²) in [7, 11) is 0. The lowest BCUT2D eigenvalue weighted by Crippen LogP contribution is -2.29. The van der Waals surface area contributed by atoms with Gasteiger partial charge in [0.05, 0.1) is 6.26 Å². The van der Waals surface area contributed by atoms with Gasteiger partial charge >= 0.3 is 0 Å². The van der Waals surface area contributed by atoms with E-state index in [1.54, 1.807) is 24.3 Å². The summed E-state index contributed by atoms with van der Waals surface area (Å²) in [6.45, 7) is 0. The molecule has 3 N–H and O–H groups in total. The van der Waals surface area contributed by atoms with Gasteiger partial charge in [-0.2, -0.15) is 0 Å². The van der Waals surface area contributed by atoms with Crippen molar-refractivity contribution in [3.63, 3.8) is 0 Å². The maximum absolute atomic E-state index is 13.6. The highest BCUT2D eigenvalue weighted by molar-refractivity contribution is 9.10. The van der Waals surface area contributed by atoms with E-state index in [1.165, 1.54) is 12.3 Å². The van der Waals surface area contributed by atoms with Gasteiger partial charge in [-0.3, -0.25) is 5.84 Å². The number of rotatable bonds is 3. The van der Waals surface area contributed by atoms with E-state index in [2.05, 4.69) is 21.4 Å². The van der Waals surface area contributed by atoms with Crippen LogP contribution in [0.15, 0.2) is 45.5 Å². The van der Waals surface area contributed by atoms with Crippen LogP contribution in [0.5, 0.6) is 0 Å². The minimum Gasteiger partial charge on any atom is -0.467 e. The number of benzene rings is 1. The second-order valence-electron chi connectivity index (χ2n) is 3.28. The fourth-order valence-electron chi connectivity index (χ4n) is 1.52. The third-order valence-corrected chi connectivity index (χ3v) is 2.76. The SMILES string of the molecule is NNC(c1ccco1)c1cc(Br)ccc1F. The smallest absolute Gasteiger partial charge is 0.128 e. The number of hydrazine groups is 1. The van der Waals surface area contributed by atoms with Crippen molar-refractivity contribution in [2.24, 2.45) is 5.84 Å². The molecule has 0 saturated carbocycles. The molecule has 2 aromatic rings. The summed E-state index contributed by atoms with van der Waals surface area (Å²) in [6, 6.07) is 7.66. The molecule has 84 valence electrons. The Bertz CT molecular complexity index is 473. The van der Waals surface area contributed by atoms with Gasteiger partial charge in [-0.1, -0.05) is 15.9 Å². The zero-order valence-corrected chi connectivity index (χ0v) is 9.87. The summed E-state index contributed by atoms with van der Waals surface area (Å²) < 4.78 is 19.6. The van der Waals surface area contributed by atoms with Gasteiger partial charge < -0.3 is 4.42 Å². The lowest BCUT2D eigenvalue weighted by Gasteiger charge is -2.14. The lowest BCUT2D eigenvalue weighted by atomic mass is 10.0. The van der Waals surface area contributed by atoms with Crippen molar-refractivity contribution in [2.75, 3.05) is 0 Å². The van der Waals surface area contributed by atoms with E-state index in [1.807, 2.05) is 0 Å². The van der Waals surface area contributed by atoms with Crippen LogP contribution < -0.4 is 11.3 Å². The number of nitrogens with one attached hydrogen (secondary N) is 1. The highest BCUT2D eigenvalue weighted by Gasteiger charge is 2.19. The van der Waals surface area contributed by atoms with Crippen molar-refractivity contribution < 1.29 is 8.81 Å². The topological polar surface area (TPSA) is 51.2 Å². The van der Waals surface area contributed by atoms with E-state index in [-0.39, 0.29) is 5.82 Å². The Labute approximate surface area is 101 Å². The Kier molecular flexibility index (Phi) is 3.38. The minimum absolute atomic E-state index is 0.331. The molecule has 0 amide bonds. The van der Waals surface area contributed by atoms with Gasteiger partial charge in [0.25, 0.3) is 0 Å². The fraction of sp³-hybridized carbons (Fsp3) is 0.0909. The van der Waals surface area contributed by atoms with Crippen molar-refractivity contribution in [3.05, 3.63) is 58.2 Å². The van der Waals surface area contributed by atoms with E-state index >= 15 is 0 Å². The Hall–Kier alpha value is -1.17. The third kappa shape index (κ3) is 2.16. The van der Waals surface area contributed by atoms with Crippen LogP contribution in [0.4, 0.5) is 4.39 Å². The average molecular weight is 285 g/mol. The van der Waals surface area contributed by atoms with E-state index in [4.69, 9.17) is 10.3 Å². The van der Waals surface area contributed by atoms with Gasteiger partial charge in [0.2, 0.25) is 0 Å². The molecule has 0 spiro atoms. The molecular formula is C11H10BrFN2O. The van der Waals surface area contributed by atoms with Crippen LogP contribution in [-0.2, 0) is 0 Å². The highest BCUT2D eigenvalue weighted by Crippen LogP contribution is 2.26. The van der Waals surface area contributed by atoms with Gasteiger partial charge in [-0.25, -0.2) is 9.82 Å². The molecule has 0 saturated heterocycles. The number of nitrogens with two attached hydrogens (primary N) is 1. The van der Waals surface area contributed by atoms with Crippen LogP contribution in [0.25, 0.3) is 0 Å². The first kappa shape index (κ1) is 11.3. The first-order valence-corrected chi connectivity index (χ1v) is 5.46. The Morgan fingerprint density at radius 2 is 2.19 bits per heavy atom. The average Bonchev–Trinajstić information content (AvgIpc) is 2.78. The fourth-order valence-corrected chi connectivity index (χ4v) is 1.90. The molecule has 3 nitrogen and oxygen atoms in total. The molecule has 0 fully saturated rings. The Morgan fingerprint density at radius 1 is 1.38 bits per heavy atom. The summed E-state index contributed by atoms with van der Waals surface area (Å²) in [5.74, 6) is 5.66. The summed E-state index contributed by atoms with van der Waals surface area (Å²) >= 11 is 3.29. The summed E-state index contributed by atoms with van der Waals surface area (Å²) in [6.07, 6.45) is 1.52. The van der Waals surface area contributed by atoms with Crippen LogP contribution in [0.2, 0.25) is 0 Å². The summed E-state index contributed by atoms with van der Waals surface area (Å²) in [5, 5.41) is 0. The molecule has 1 atom stereocenters. The minimum atomic E-state index is -0.493. The molecule has 0 aliphatic carbocycles. The molecule has 1 heterocycles. The normalized spacial score (nSPS) is 12.7. The van der Waals surface area contributed by atoms with E-state index in [0.29, 0.717) is 11.3 Å². The molecule has 1 aromatic heterocycles. The van der Waals surface area contributed by atoms with Gasteiger partial charge in [0.15, 0.2) is 0 Å². The largest absolute Gasteiger partial charge is 0.467 e. The van der Waals surface area contributed by atoms with Gasteiger partial charge in [0.1, 0.15) is 17.6 Å². The number of hydrogen-bond acceptors (Lipinski definition) is 3. The quantitative estimate of drug-likeness (QED) is 0.673. The first-order chi connectivity index (χ1) is 7.72. The second kappa shape index (κ2) is 4.78. The van der Waals surface area contributed by atoms with Gasteiger partial charge in [-0.05, 0) is 30.3 Å². The van der Waals surface area contributed by atoms with E-state index in [9.17, 15) is 4.39 Å². The maximum atomic E-state index is 13.6. The van der Waals surface area contributed by atoms with Crippen LogP contribution >= 0.6 is 15.9 Å². The van der Waals surface area contributed by atoms with Crippen LogP contribution in [-0.4, -0.2) is 0 Å². The molecule has 5 heteroatoms. The molecule has 1 unspecified atom stereocenters. The summed E-state index contributed by atoms with van der Waals surface area (Å²) in [4.78, 5) is 0. The van der Waals surface area contributed by atoms with Gasteiger partial charge in [0, 0.05) is 10.0 Å². The zero-order chi connectivity index (χ0) is 11.5. The lowest BCUT2D eigenvalue weighted by molar-refractivity contribution is 0.441. The molecular weight excluding hydrogens is 275 g/mol. The van der Waals surface area contributed by atoms with Crippen LogP contribution in [0, 0.1) is 5.82 Å². The molecule has 2 rings (SSSR count). The standard InChI is InChI=1S/C11H10BrFN2O/c12-7-3-4-9(13)8(6-7)11(15-14)10-2-1-5-16-10/h1-6,11,15H,14H2. The zero-order valence-electron chi connectivity index (χ0n) is 8.28. The summed E-state index contributed by atoms with van der Waals surface area (Å²) in [5.41, 5.74) is 2.97. The van der Waals surface area contributed by atoms with Crippen LogP contribution in [0.3, 0.4) is 0 Å². The first-order valence-electron chi connectivity index (χ1n) is 4.67. The molecule has 1 aromatic carbocycles. The molecule has 16 heavy (non-hydrogen) atoms. The number of furan rings is 1. The molecule has 0 aliphatic rings. The predicted octanol–water partition coefficient (Wildman–Crippen LogP) is 2.73. The molecule has 0 radical (unpaired) electrons. The molecule has 0 aliphatic heterocycles. The number of halogens is 2. The Morgan fingerprint density at radius 3 is 2.81 bits per heavy atom. The van der Waals surface area contributed by atoms with Crippen molar-refractivity contribution in [2.45, 2.75) is 6.04 Å². The van der Waals surface area contributed by atoms with Crippen LogP contribution in [0.1, 0.15) is 17.4 Å². The van der Waals surface area contributed by atoms with E-state index < -0.39 is 6.04 Å². The highest BCUT2D eigenvalue weighted by atomic mass is 79.9. The number of hydrogen-bond donors (Lipinski definition) is 2. The van der Waals surface area contributed by atoms with Gasteiger partial charge in [-0.15, -0.1) is 0 Å². The van der Waals surface area contributed by atoms with E-state index in [0.717, 1.165) is 4.47 Å². The second-order valence-corrected chi connectivity index (χ2v) is 4.20. The predicted molar refractivity (Wildman–Crippen MR) is 62.0 cm³/mol. The monoisotopic (exact) mass is 284 g/mol. The third-order valence-electron chi connectivity index (χ3n) is 2.26. The van der Waals surface area contributed by atoms with Crippen molar-refractivity contribution in [1.29, 1.82) is 0 Å².